The molecule has 8 heteroatoms. The van der Waals surface area contributed by atoms with Gasteiger partial charge in [0.25, 0.3) is 0 Å². The molecule has 1 aliphatic rings. The van der Waals surface area contributed by atoms with Gasteiger partial charge in [0.05, 0.1) is 5.56 Å². The normalized spacial score (nSPS) is 12.9. The number of carbonyl (C=O) groups is 3. The molecule has 0 fully saturated rings. The van der Waals surface area contributed by atoms with Crippen LogP contribution in [-0.4, -0.2) is 35.7 Å². The maximum Gasteiger partial charge on any atom is 0.407 e. The van der Waals surface area contributed by atoms with Crippen LogP contribution in [0, 0.1) is 0 Å². The Kier molecular flexibility index (Phi) is 6.98. The molecule has 0 spiro atoms. The molecule has 7 nitrogen and oxygen atoms in total. The predicted octanol–water partition coefficient (Wildman–Crippen LogP) is 5.40. The summed E-state index contributed by atoms with van der Waals surface area (Å²) >= 11 is 3.17. The standard InChI is InChI=1S/C26H23BrN2O5/c1-15(12-24(30)29-16-10-11-23(27)21(13-16)25(31)32)28-26(33)34-14-22-19-8-4-2-6-17(19)18-7-3-5-9-20(18)22/h2-11,13,15,22H,12,14H2,1H3,(H,28,33)(H,29,30)(H,31,32)/t15-/m1/s1. The number of hydrogen-bond acceptors (Lipinski definition) is 4. The lowest BCUT2D eigenvalue weighted by atomic mass is 9.98. The van der Waals surface area contributed by atoms with Crippen LogP contribution in [0.4, 0.5) is 10.5 Å². The molecule has 0 bridgehead atoms. The monoisotopic (exact) mass is 522 g/mol. The van der Waals surface area contributed by atoms with Crippen molar-refractivity contribution in [3.05, 3.63) is 87.9 Å². The number of aromatic carboxylic acids is 1. The number of carboxylic acids is 1. The van der Waals surface area contributed by atoms with Gasteiger partial charge in [-0.3, -0.25) is 4.79 Å². The number of hydrogen-bond donors (Lipinski definition) is 3. The summed E-state index contributed by atoms with van der Waals surface area (Å²) in [5, 5.41) is 14.5. The van der Waals surface area contributed by atoms with Crippen LogP contribution in [0.15, 0.2) is 71.2 Å². The van der Waals surface area contributed by atoms with Crippen LogP contribution in [0.2, 0.25) is 0 Å². The highest BCUT2D eigenvalue weighted by Crippen LogP contribution is 2.44. The highest BCUT2D eigenvalue weighted by molar-refractivity contribution is 9.10. The predicted molar refractivity (Wildman–Crippen MR) is 132 cm³/mol. The topological polar surface area (TPSA) is 105 Å². The van der Waals surface area contributed by atoms with E-state index in [2.05, 4.69) is 38.7 Å². The molecule has 0 heterocycles. The van der Waals surface area contributed by atoms with Crippen molar-refractivity contribution in [2.24, 2.45) is 0 Å². The molecule has 0 saturated heterocycles. The Morgan fingerprint density at radius 1 is 1.00 bits per heavy atom. The van der Waals surface area contributed by atoms with Gasteiger partial charge in [-0.15, -0.1) is 0 Å². The number of nitrogens with one attached hydrogen (secondary N) is 2. The first-order chi connectivity index (χ1) is 16.3. The van der Waals surface area contributed by atoms with Gasteiger partial charge in [-0.1, -0.05) is 48.5 Å². The first-order valence-corrected chi connectivity index (χ1v) is 11.6. The van der Waals surface area contributed by atoms with Crippen LogP contribution < -0.4 is 10.6 Å². The fourth-order valence-electron chi connectivity index (χ4n) is 4.15. The van der Waals surface area contributed by atoms with E-state index in [1.54, 1.807) is 19.1 Å². The molecular formula is C26H23BrN2O5. The van der Waals surface area contributed by atoms with Crippen LogP contribution in [0.25, 0.3) is 11.1 Å². The van der Waals surface area contributed by atoms with E-state index in [9.17, 15) is 19.5 Å². The van der Waals surface area contributed by atoms with Crippen molar-refractivity contribution in [1.82, 2.24) is 5.32 Å². The number of carbonyl (C=O) groups excluding carboxylic acids is 2. The number of carboxylic acid groups (broad SMARTS) is 1. The van der Waals surface area contributed by atoms with Gasteiger partial charge >= 0.3 is 12.1 Å². The molecule has 3 aromatic rings. The van der Waals surface area contributed by atoms with Crippen molar-refractivity contribution in [3.8, 4) is 11.1 Å². The lowest BCUT2D eigenvalue weighted by Crippen LogP contribution is -2.36. The zero-order valence-corrected chi connectivity index (χ0v) is 20.0. The SMILES string of the molecule is C[C@H](CC(=O)Nc1ccc(Br)c(C(=O)O)c1)NC(=O)OCC1c2ccccc2-c2ccccc21. The van der Waals surface area contributed by atoms with E-state index in [-0.39, 0.29) is 30.4 Å². The lowest BCUT2D eigenvalue weighted by molar-refractivity contribution is -0.116. The van der Waals surface area contributed by atoms with Crippen LogP contribution >= 0.6 is 15.9 Å². The number of alkyl carbamates (subject to hydrolysis) is 1. The molecule has 3 N–H and O–H groups in total. The summed E-state index contributed by atoms with van der Waals surface area (Å²) in [7, 11) is 0. The van der Waals surface area contributed by atoms with Crippen molar-refractivity contribution in [3.63, 3.8) is 0 Å². The quantitative estimate of drug-likeness (QED) is 0.385. The van der Waals surface area contributed by atoms with Gasteiger partial charge in [-0.2, -0.15) is 0 Å². The van der Waals surface area contributed by atoms with E-state index in [0.29, 0.717) is 10.2 Å². The van der Waals surface area contributed by atoms with Gasteiger partial charge in [0, 0.05) is 28.5 Å². The fourth-order valence-corrected chi connectivity index (χ4v) is 4.57. The summed E-state index contributed by atoms with van der Waals surface area (Å²) < 4.78 is 5.93. The molecule has 0 aromatic heterocycles. The van der Waals surface area contributed by atoms with E-state index >= 15 is 0 Å². The molecule has 2 amide bonds. The maximum absolute atomic E-state index is 12.4. The minimum absolute atomic E-state index is 0.00264. The molecule has 0 radical (unpaired) electrons. The van der Waals surface area contributed by atoms with Crippen molar-refractivity contribution in [2.45, 2.75) is 25.3 Å². The van der Waals surface area contributed by atoms with Gasteiger partial charge in [-0.25, -0.2) is 9.59 Å². The van der Waals surface area contributed by atoms with Gasteiger partial charge in [-0.05, 0) is 63.3 Å². The Morgan fingerprint density at radius 2 is 1.62 bits per heavy atom. The number of halogens is 1. The van der Waals surface area contributed by atoms with Gasteiger partial charge in [0.15, 0.2) is 0 Å². The highest BCUT2D eigenvalue weighted by Gasteiger charge is 2.29. The summed E-state index contributed by atoms with van der Waals surface area (Å²) in [5.74, 6) is -1.50. The highest BCUT2D eigenvalue weighted by atomic mass is 79.9. The molecule has 4 rings (SSSR count). The Labute approximate surface area is 205 Å². The summed E-state index contributed by atoms with van der Waals surface area (Å²) in [6.07, 6.45) is -0.596. The Balaban J connectivity index is 1.30. The summed E-state index contributed by atoms with van der Waals surface area (Å²) in [5.41, 5.74) is 4.95. The molecule has 0 unspecified atom stereocenters. The van der Waals surface area contributed by atoms with E-state index < -0.39 is 18.1 Å². The van der Waals surface area contributed by atoms with E-state index in [1.807, 2.05) is 36.4 Å². The fraction of sp³-hybridized carbons (Fsp3) is 0.192. The van der Waals surface area contributed by atoms with Gasteiger partial charge in [0.2, 0.25) is 5.91 Å². The number of fused-ring (bicyclic) bond motifs is 3. The number of anilines is 1. The number of rotatable bonds is 7. The zero-order valence-electron chi connectivity index (χ0n) is 18.4. The van der Waals surface area contributed by atoms with E-state index in [4.69, 9.17) is 4.74 Å². The zero-order chi connectivity index (χ0) is 24.2. The minimum Gasteiger partial charge on any atom is -0.478 e. The first kappa shape index (κ1) is 23.5. The minimum atomic E-state index is -1.10. The molecule has 174 valence electrons. The van der Waals surface area contributed by atoms with Crippen molar-refractivity contribution < 1.29 is 24.2 Å². The summed E-state index contributed by atoms with van der Waals surface area (Å²) in [6, 6.07) is 20.2. The Morgan fingerprint density at radius 3 is 2.24 bits per heavy atom. The average Bonchev–Trinajstić information content (AvgIpc) is 3.12. The van der Waals surface area contributed by atoms with Crippen LogP contribution in [0.1, 0.15) is 40.7 Å². The average molecular weight is 523 g/mol. The smallest absolute Gasteiger partial charge is 0.407 e. The van der Waals surface area contributed by atoms with Crippen LogP contribution in [-0.2, 0) is 9.53 Å². The van der Waals surface area contributed by atoms with Crippen LogP contribution in [0.5, 0.6) is 0 Å². The van der Waals surface area contributed by atoms with E-state index in [1.165, 1.54) is 6.07 Å². The van der Waals surface area contributed by atoms with Crippen molar-refractivity contribution in [1.29, 1.82) is 0 Å². The van der Waals surface area contributed by atoms with Crippen molar-refractivity contribution in [2.75, 3.05) is 11.9 Å². The van der Waals surface area contributed by atoms with Crippen molar-refractivity contribution >= 4 is 39.6 Å². The summed E-state index contributed by atoms with van der Waals surface area (Å²) in [4.78, 5) is 36.0. The van der Waals surface area contributed by atoms with E-state index in [0.717, 1.165) is 22.3 Å². The number of amides is 2. The first-order valence-electron chi connectivity index (χ1n) is 10.8. The lowest BCUT2D eigenvalue weighted by Gasteiger charge is -2.17. The third-order valence-electron chi connectivity index (χ3n) is 5.68. The number of ether oxygens (including phenoxy) is 1. The molecule has 1 aliphatic carbocycles. The summed E-state index contributed by atoms with van der Waals surface area (Å²) in [6.45, 7) is 1.89. The Hall–Kier alpha value is -3.65. The second kappa shape index (κ2) is 10.1. The second-order valence-electron chi connectivity index (χ2n) is 8.12. The second-order valence-corrected chi connectivity index (χ2v) is 8.98. The molecule has 0 aliphatic heterocycles. The Bertz CT molecular complexity index is 1210. The largest absolute Gasteiger partial charge is 0.478 e. The molecule has 34 heavy (non-hydrogen) atoms. The maximum atomic E-state index is 12.4. The molecule has 0 saturated carbocycles. The molecule has 1 atom stereocenters. The number of benzene rings is 3. The van der Waals surface area contributed by atoms with Gasteiger partial charge in [0.1, 0.15) is 6.61 Å². The third-order valence-corrected chi connectivity index (χ3v) is 6.37. The molecule has 3 aromatic carbocycles. The third kappa shape index (κ3) is 5.12. The van der Waals surface area contributed by atoms with Gasteiger partial charge < -0.3 is 20.5 Å². The van der Waals surface area contributed by atoms with Crippen LogP contribution in [0.3, 0.4) is 0 Å². The molecular weight excluding hydrogens is 500 g/mol.